The van der Waals surface area contributed by atoms with Gasteiger partial charge in [0, 0.05) is 50.0 Å². The molecule has 4 amide bonds. The third kappa shape index (κ3) is 4.13. The van der Waals surface area contributed by atoms with Gasteiger partial charge in [-0.2, -0.15) is 0 Å². The summed E-state index contributed by atoms with van der Waals surface area (Å²) >= 11 is 0. The topological polar surface area (TPSA) is 85.0 Å². The minimum absolute atomic E-state index is 0.0123. The Balaban J connectivity index is 1.04. The van der Waals surface area contributed by atoms with Crippen molar-refractivity contribution in [1.82, 2.24) is 15.1 Å². The molecule has 6 rings (SSSR count). The number of nitrogens with zero attached hydrogens (tertiary/aromatic N) is 3. The fourth-order valence-electron chi connectivity index (χ4n) is 6.28. The number of hydrogen-bond donors (Lipinski definition) is 2. The van der Waals surface area contributed by atoms with Crippen molar-refractivity contribution >= 4 is 29.2 Å². The monoisotopic (exact) mass is 487 g/mol. The Kier molecular flexibility index (Phi) is 5.71. The summed E-state index contributed by atoms with van der Waals surface area (Å²) in [6.07, 6.45) is 3.39. The van der Waals surface area contributed by atoms with Crippen molar-refractivity contribution in [3.8, 4) is 0 Å². The standard InChI is InChI=1S/C28H33N5O3/c1-31-18-20-6-3-2-5-19(20)15-24(31)26(35)32-12-9-28(10-13-32)17-23(28)25(34)30-21-7-4-8-22(16-21)33-14-11-29-27(33)36/h2-8,16,23-24H,9-15,17-18H2,1H3,(H,29,36)(H,30,34). The van der Waals surface area contributed by atoms with Crippen molar-refractivity contribution in [2.24, 2.45) is 11.3 Å². The van der Waals surface area contributed by atoms with E-state index in [4.69, 9.17) is 0 Å². The Bertz CT molecular complexity index is 1210. The molecule has 2 atom stereocenters. The SMILES string of the molecule is CN1Cc2ccccc2CC1C(=O)N1CCC2(CC1)CC2C(=O)Nc1cccc(N2CCNC2=O)c1. The number of rotatable bonds is 4. The van der Waals surface area contributed by atoms with Gasteiger partial charge in [0.15, 0.2) is 0 Å². The van der Waals surface area contributed by atoms with Gasteiger partial charge in [0.1, 0.15) is 0 Å². The molecule has 0 bridgehead atoms. The number of carbonyl (C=O) groups excluding carboxylic acids is 3. The zero-order valence-electron chi connectivity index (χ0n) is 20.7. The second kappa shape index (κ2) is 8.92. The number of carbonyl (C=O) groups is 3. The van der Waals surface area contributed by atoms with E-state index in [2.05, 4.69) is 33.7 Å². The van der Waals surface area contributed by atoms with Gasteiger partial charge >= 0.3 is 6.03 Å². The fraction of sp³-hybridized carbons (Fsp3) is 0.464. The van der Waals surface area contributed by atoms with E-state index < -0.39 is 0 Å². The fourth-order valence-corrected chi connectivity index (χ4v) is 6.28. The minimum atomic E-state index is -0.114. The molecule has 2 aromatic rings. The molecule has 1 saturated carbocycles. The maximum Gasteiger partial charge on any atom is 0.321 e. The summed E-state index contributed by atoms with van der Waals surface area (Å²) in [5.41, 5.74) is 4.10. The number of anilines is 2. The van der Waals surface area contributed by atoms with Gasteiger partial charge in [-0.05, 0) is 67.5 Å². The molecular weight excluding hydrogens is 454 g/mol. The lowest BCUT2D eigenvalue weighted by Gasteiger charge is -2.39. The van der Waals surface area contributed by atoms with E-state index in [0.29, 0.717) is 31.9 Å². The number of piperidine rings is 1. The Morgan fingerprint density at radius 3 is 2.56 bits per heavy atom. The highest BCUT2D eigenvalue weighted by Crippen LogP contribution is 2.59. The first-order valence-corrected chi connectivity index (χ1v) is 13.0. The second-order valence-corrected chi connectivity index (χ2v) is 10.8. The van der Waals surface area contributed by atoms with Gasteiger partial charge in [-0.15, -0.1) is 0 Å². The lowest BCUT2D eigenvalue weighted by atomic mass is 9.89. The summed E-state index contributed by atoms with van der Waals surface area (Å²) in [4.78, 5) is 44.3. The van der Waals surface area contributed by atoms with Gasteiger partial charge in [0.05, 0.1) is 6.04 Å². The van der Waals surface area contributed by atoms with Crippen LogP contribution in [0.2, 0.25) is 0 Å². The first-order chi connectivity index (χ1) is 17.4. The molecular formula is C28H33N5O3. The molecule has 2 aromatic carbocycles. The van der Waals surface area contributed by atoms with Crippen LogP contribution in [-0.2, 0) is 22.6 Å². The summed E-state index contributed by atoms with van der Waals surface area (Å²) in [5, 5.41) is 5.87. The molecule has 3 heterocycles. The summed E-state index contributed by atoms with van der Waals surface area (Å²) in [6.45, 7) is 3.49. The van der Waals surface area contributed by atoms with Crippen LogP contribution in [0.5, 0.6) is 0 Å². The van der Waals surface area contributed by atoms with Crippen LogP contribution in [0.3, 0.4) is 0 Å². The highest BCUT2D eigenvalue weighted by molar-refractivity contribution is 5.97. The van der Waals surface area contributed by atoms with E-state index >= 15 is 0 Å². The molecule has 1 spiro atoms. The van der Waals surface area contributed by atoms with Gasteiger partial charge in [0.2, 0.25) is 11.8 Å². The highest BCUT2D eigenvalue weighted by atomic mass is 16.2. The van der Waals surface area contributed by atoms with Gasteiger partial charge in [-0.25, -0.2) is 4.79 Å². The van der Waals surface area contributed by atoms with Crippen molar-refractivity contribution in [3.05, 3.63) is 59.7 Å². The van der Waals surface area contributed by atoms with Gasteiger partial charge < -0.3 is 15.5 Å². The number of likely N-dealkylation sites (N-methyl/N-ethyl adjacent to an activating group) is 1. The number of likely N-dealkylation sites (tertiary alicyclic amines) is 1. The third-order valence-electron chi connectivity index (χ3n) is 8.63. The van der Waals surface area contributed by atoms with Crippen molar-refractivity contribution < 1.29 is 14.4 Å². The molecule has 2 unspecified atom stereocenters. The molecule has 188 valence electrons. The predicted octanol–water partition coefficient (Wildman–Crippen LogP) is 2.84. The Labute approximate surface area is 211 Å². The Hall–Kier alpha value is -3.39. The van der Waals surface area contributed by atoms with Crippen LogP contribution < -0.4 is 15.5 Å². The maximum absolute atomic E-state index is 13.4. The predicted molar refractivity (Wildman–Crippen MR) is 138 cm³/mol. The van der Waals surface area contributed by atoms with Crippen molar-refractivity contribution in [2.75, 3.05) is 43.4 Å². The quantitative estimate of drug-likeness (QED) is 0.695. The van der Waals surface area contributed by atoms with Gasteiger partial charge in [-0.1, -0.05) is 30.3 Å². The van der Waals surface area contributed by atoms with Crippen molar-refractivity contribution in [2.45, 2.75) is 38.3 Å². The molecule has 2 N–H and O–H groups in total. The first-order valence-electron chi connectivity index (χ1n) is 13.0. The van der Waals surface area contributed by atoms with Crippen LogP contribution in [0.15, 0.2) is 48.5 Å². The third-order valence-corrected chi connectivity index (χ3v) is 8.63. The van der Waals surface area contributed by atoms with E-state index in [-0.39, 0.29) is 35.2 Å². The van der Waals surface area contributed by atoms with Crippen LogP contribution in [-0.4, -0.2) is 66.9 Å². The Morgan fingerprint density at radius 1 is 1.03 bits per heavy atom. The molecule has 0 aromatic heterocycles. The van der Waals surface area contributed by atoms with Crippen molar-refractivity contribution in [3.63, 3.8) is 0 Å². The molecule has 8 nitrogen and oxygen atoms in total. The highest BCUT2D eigenvalue weighted by Gasteiger charge is 2.59. The first kappa shape index (κ1) is 23.0. The molecule has 3 fully saturated rings. The van der Waals surface area contributed by atoms with Crippen LogP contribution in [0, 0.1) is 11.3 Å². The van der Waals surface area contributed by atoms with Crippen LogP contribution in [0.4, 0.5) is 16.2 Å². The number of fused-ring (bicyclic) bond motifs is 1. The number of benzene rings is 2. The average Bonchev–Trinajstić information content (AvgIpc) is 3.41. The Morgan fingerprint density at radius 2 is 1.81 bits per heavy atom. The normalized spacial score (nSPS) is 24.9. The summed E-state index contributed by atoms with van der Waals surface area (Å²) < 4.78 is 0. The molecule has 1 aliphatic carbocycles. The van der Waals surface area contributed by atoms with E-state index in [9.17, 15) is 14.4 Å². The number of amides is 4. The number of urea groups is 1. The van der Waals surface area contributed by atoms with E-state index in [0.717, 1.165) is 37.9 Å². The van der Waals surface area contributed by atoms with Crippen molar-refractivity contribution in [1.29, 1.82) is 0 Å². The number of hydrogen-bond acceptors (Lipinski definition) is 4. The lowest BCUT2D eigenvalue weighted by molar-refractivity contribution is -0.138. The van der Waals surface area contributed by atoms with Crippen LogP contribution >= 0.6 is 0 Å². The zero-order valence-corrected chi connectivity index (χ0v) is 20.7. The molecule has 36 heavy (non-hydrogen) atoms. The van der Waals surface area contributed by atoms with Crippen LogP contribution in [0.25, 0.3) is 0 Å². The van der Waals surface area contributed by atoms with Gasteiger partial charge in [-0.3, -0.25) is 19.4 Å². The molecule has 0 radical (unpaired) electrons. The largest absolute Gasteiger partial charge is 0.341 e. The minimum Gasteiger partial charge on any atom is -0.341 e. The molecule has 2 saturated heterocycles. The van der Waals surface area contributed by atoms with E-state index in [1.165, 1.54) is 11.1 Å². The summed E-state index contributed by atoms with van der Waals surface area (Å²) in [6, 6.07) is 15.6. The maximum atomic E-state index is 13.4. The molecule has 3 aliphatic heterocycles. The summed E-state index contributed by atoms with van der Waals surface area (Å²) in [7, 11) is 2.04. The van der Waals surface area contributed by atoms with E-state index in [1.807, 2.05) is 42.3 Å². The van der Waals surface area contributed by atoms with Crippen LogP contribution in [0.1, 0.15) is 30.4 Å². The smallest absolute Gasteiger partial charge is 0.321 e. The second-order valence-electron chi connectivity index (χ2n) is 10.8. The summed E-state index contributed by atoms with van der Waals surface area (Å²) in [5.74, 6) is 0.241. The van der Waals surface area contributed by atoms with Gasteiger partial charge in [0.25, 0.3) is 0 Å². The lowest BCUT2D eigenvalue weighted by Crippen LogP contribution is -2.52. The average molecular weight is 488 g/mol. The zero-order chi connectivity index (χ0) is 24.9. The number of nitrogens with one attached hydrogen (secondary N) is 2. The molecule has 4 aliphatic rings. The van der Waals surface area contributed by atoms with E-state index in [1.54, 1.807) is 4.90 Å². The molecule has 8 heteroatoms.